The Hall–Kier alpha value is -3.95. The van der Waals surface area contributed by atoms with Crippen molar-refractivity contribution in [2.45, 2.75) is 13.5 Å². The molecule has 38 heavy (non-hydrogen) atoms. The van der Waals surface area contributed by atoms with E-state index < -0.39 is 5.97 Å². The summed E-state index contributed by atoms with van der Waals surface area (Å²) in [6.07, 6.45) is 1.74. The zero-order valence-corrected chi connectivity index (χ0v) is 22.5. The molecule has 0 atom stereocenters. The van der Waals surface area contributed by atoms with Gasteiger partial charge in [-0.25, -0.2) is 9.79 Å². The second kappa shape index (κ2) is 12.1. The molecule has 8 nitrogen and oxygen atoms in total. The van der Waals surface area contributed by atoms with Crippen LogP contribution in [0.25, 0.3) is 6.08 Å². The minimum absolute atomic E-state index is 0.0998. The molecule has 1 heterocycles. The van der Waals surface area contributed by atoms with Gasteiger partial charge < -0.3 is 19.3 Å². The Balaban J connectivity index is 1.57. The molecule has 0 spiro atoms. The van der Waals surface area contributed by atoms with E-state index in [-0.39, 0.29) is 18.1 Å². The fourth-order valence-electron chi connectivity index (χ4n) is 3.70. The van der Waals surface area contributed by atoms with Gasteiger partial charge in [0.25, 0.3) is 5.91 Å². The first-order valence-electron chi connectivity index (χ1n) is 11.6. The number of aliphatic imine (C=N–C) groups is 1. The smallest absolute Gasteiger partial charge is 0.335 e. The van der Waals surface area contributed by atoms with Gasteiger partial charge >= 0.3 is 5.97 Å². The van der Waals surface area contributed by atoms with Crippen LogP contribution in [0.2, 0.25) is 5.02 Å². The molecule has 1 aliphatic rings. The minimum atomic E-state index is -1.02. The van der Waals surface area contributed by atoms with Crippen molar-refractivity contribution in [1.29, 1.82) is 0 Å². The van der Waals surface area contributed by atoms with Gasteiger partial charge in [-0.3, -0.25) is 9.69 Å². The topological polar surface area (TPSA) is 97.7 Å². The van der Waals surface area contributed by atoms with Crippen molar-refractivity contribution < 1.29 is 28.9 Å². The summed E-state index contributed by atoms with van der Waals surface area (Å²) in [5.74, 6) is 0.258. The van der Waals surface area contributed by atoms with E-state index in [4.69, 9.17) is 25.8 Å². The maximum atomic E-state index is 13.1. The number of aromatic carboxylic acids is 1. The molecular weight excluding hydrogens is 528 g/mol. The highest BCUT2D eigenvalue weighted by molar-refractivity contribution is 8.18. The van der Waals surface area contributed by atoms with Crippen LogP contribution < -0.4 is 14.2 Å². The van der Waals surface area contributed by atoms with Gasteiger partial charge in [0.1, 0.15) is 12.4 Å². The van der Waals surface area contributed by atoms with Crippen molar-refractivity contribution in [3.05, 3.63) is 87.3 Å². The Bertz CT molecular complexity index is 1420. The van der Waals surface area contributed by atoms with Gasteiger partial charge in [-0.05, 0) is 84.4 Å². The summed E-state index contributed by atoms with van der Waals surface area (Å²) < 4.78 is 16.6. The van der Waals surface area contributed by atoms with Crippen LogP contribution in [0.1, 0.15) is 28.4 Å². The molecule has 1 fully saturated rings. The number of rotatable bonds is 9. The predicted molar refractivity (Wildman–Crippen MR) is 149 cm³/mol. The first-order valence-corrected chi connectivity index (χ1v) is 12.8. The zero-order chi connectivity index (χ0) is 27.2. The van der Waals surface area contributed by atoms with Crippen molar-refractivity contribution >= 4 is 52.2 Å². The molecule has 0 aromatic heterocycles. The Morgan fingerprint density at radius 3 is 2.53 bits per heavy atom. The molecule has 1 saturated heterocycles. The minimum Gasteiger partial charge on any atom is -0.497 e. The summed E-state index contributed by atoms with van der Waals surface area (Å²) in [5.41, 5.74) is 2.21. The molecule has 3 aromatic rings. The lowest BCUT2D eigenvalue weighted by Crippen LogP contribution is -2.28. The number of nitrogens with zero attached hydrogens (tertiary/aromatic N) is 2. The van der Waals surface area contributed by atoms with Crippen molar-refractivity contribution in [1.82, 2.24) is 4.90 Å². The van der Waals surface area contributed by atoms with Crippen molar-refractivity contribution in [3.8, 4) is 17.2 Å². The summed E-state index contributed by atoms with van der Waals surface area (Å²) in [6, 6.07) is 17.2. The average Bonchev–Trinajstić information content (AvgIpc) is 3.21. The number of carboxylic acids is 1. The van der Waals surface area contributed by atoms with Crippen LogP contribution in [0.15, 0.2) is 70.6 Å². The molecule has 1 N–H and O–H groups in total. The number of likely N-dealkylation sites (N-methyl/N-ethyl adjacent to an activating group) is 1. The summed E-state index contributed by atoms with van der Waals surface area (Å²) >= 11 is 7.81. The van der Waals surface area contributed by atoms with Crippen LogP contribution in [0, 0.1) is 0 Å². The number of carboxylic acid groups (broad SMARTS) is 1. The molecule has 4 rings (SSSR count). The van der Waals surface area contributed by atoms with Crippen molar-refractivity contribution in [2.24, 2.45) is 4.99 Å². The Morgan fingerprint density at radius 1 is 1.11 bits per heavy atom. The third-order valence-corrected chi connectivity index (χ3v) is 6.90. The number of halogens is 1. The average molecular weight is 553 g/mol. The molecule has 1 amide bonds. The van der Waals surface area contributed by atoms with E-state index in [1.54, 1.807) is 42.4 Å². The van der Waals surface area contributed by atoms with Gasteiger partial charge in [-0.1, -0.05) is 23.7 Å². The van der Waals surface area contributed by atoms with E-state index in [0.717, 1.165) is 5.75 Å². The Labute approximate surface area is 229 Å². The molecular formula is C28H25ClN2O6S. The molecule has 196 valence electrons. The summed E-state index contributed by atoms with van der Waals surface area (Å²) in [6.45, 7) is 2.46. The first-order chi connectivity index (χ1) is 18.3. The SMILES string of the molecule is CCN1C(=O)/C(=C\c2cc(Cl)c(OCc3cccc(C(=O)O)c3)c(OC)c2)SC1=Nc1ccc(OC)cc1. The number of ether oxygens (including phenoxy) is 3. The fourth-order valence-corrected chi connectivity index (χ4v) is 5.04. The monoisotopic (exact) mass is 552 g/mol. The number of hydrogen-bond acceptors (Lipinski definition) is 7. The number of carbonyl (C=O) groups excluding carboxylic acids is 1. The third kappa shape index (κ3) is 6.12. The molecule has 3 aromatic carbocycles. The Morgan fingerprint density at radius 2 is 1.87 bits per heavy atom. The second-order valence-corrected chi connectivity index (χ2v) is 9.50. The van der Waals surface area contributed by atoms with E-state index in [1.807, 2.05) is 31.2 Å². The van der Waals surface area contributed by atoms with Crippen LogP contribution in [0.4, 0.5) is 5.69 Å². The van der Waals surface area contributed by atoms with Crippen molar-refractivity contribution in [2.75, 3.05) is 20.8 Å². The summed E-state index contributed by atoms with van der Waals surface area (Å²) in [5, 5.41) is 10.1. The van der Waals surface area contributed by atoms with Gasteiger partial charge in [0.05, 0.1) is 35.4 Å². The van der Waals surface area contributed by atoms with E-state index in [9.17, 15) is 14.7 Å². The number of hydrogen-bond donors (Lipinski definition) is 1. The maximum Gasteiger partial charge on any atom is 0.335 e. The molecule has 10 heteroatoms. The van der Waals surface area contributed by atoms with Gasteiger partial charge in [-0.2, -0.15) is 0 Å². The molecule has 0 unspecified atom stereocenters. The molecule has 0 radical (unpaired) electrons. The zero-order valence-electron chi connectivity index (χ0n) is 20.9. The standard InChI is InChI=1S/C28H25ClN2O6S/c1-4-31-26(32)24(38-28(31)30-20-8-10-21(35-2)11-9-20)15-18-13-22(29)25(23(14-18)36-3)37-16-17-6-5-7-19(12-17)27(33)34/h5-15H,4,16H2,1-3H3,(H,33,34)/b24-15+,30-28?. The lowest BCUT2D eigenvalue weighted by Gasteiger charge is -2.14. The number of amides is 1. The lowest BCUT2D eigenvalue weighted by molar-refractivity contribution is -0.122. The highest BCUT2D eigenvalue weighted by atomic mass is 35.5. The number of amidine groups is 1. The van der Waals surface area contributed by atoms with E-state index in [0.29, 0.717) is 50.0 Å². The molecule has 0 aliphatic carbocycles. The van der Waals surface area contributed by atoms with Gasteiger partial charge in [0, 0.05) is 6.54 Å². The summed E-state index contributed by atoms with van der Waals surface area (Å²) in [7, 11) is 3.09. The Kier molecular flexibility index (Phi) is 8.60. The van der Waals surface area contributed by atoms with Crippen LogP contribution in [0.5, 0.6) is 17.2 Å². The van der Waals surface area contributed by atoms with Crippen LogP contribution >= 0.6 is 23.4 Å². The van der Waals surface area contributed by atoms with E-state index >= 15 is 0 Å². The van der Waals surface area contributed by atoms with E-state index in [1.165, 1.54) is 31.0 Å². The fraction of sp³-hybridized carbons (Fsp3) is 0.179. The van der Waals surface area contributed by atoms with Crippen LogP contribution in [-0.4, -0.2) is 47.8 Å². The lowest BCUT2D eigenvalue weighted by atomic mass is 10.1. The van der Waals surface area contributed by atoms with E-state index in [2.05, 4.69) is 4.99 Å². The van der Waals surface area contributed by atoms with Gasteiger partial charge in [-0.15, -0.1) is 0 Å². The molecule has 0 bridgehead atoms. The quantitative estimate of drug-likeness (QED) is 0.313. The largest absolute Gasteiger partial charge is 0.497 e. The summed E-state index contributed by atoms with van der Waals surface area (Å²) in [4.78, 5) is 31.1. The first kappa shape index (κ1) is 27.1. The highest BCUT2D eigenvalue weighted by Gasteiger charge is 2.32. The number of methoxy groups -OCH3 is 2. The van der Waals surface area contributed by atoms with Gasteiger partial charge in [0.2, 0.25) is 0 Å². The van der Waals surface area contributed by atoms with Crippen LogP contribution in [-0.2, 0) is 11.4 Å². The molecule has 1 aliphatic heterocycles. The van der Waals surface area contributed by atoms with Crippen molar-refractivity contribution in [3.63, 3.8) is 0 Å². The number of thioether (sulfide) groups is 1. The van der Waals surface area contributed by atoms with Crippen LogP contribution in [0.3, 0.4) is 0 Å². The molecule has 0 saturated carbocycles. The maximum absolute atomic E-state index is 13.1. The van der Waals surface area contributed by atoms with Gasteiger partial charge in [0.15, 0.2) is 16.7 Å². The predicted octanol–water partition coefficient (Wildman–Crippen LogP) is 6.26. The number of benzene rings is 3. The second-order valence-electron chi connectivity index (χ2n) is 8.08. The highest BCUT2D eigenvalue weighted by Crippen LogP contribution is 2.40. The number of carbonyl (C=O) groups is 2. The third-order valence-electron chi connectivity index (χ3n) is 5.61. The normalized spacial score (nSPS) is 15.3.